The third-order valence-electron chi connectivity index (χ3n) is 5.64. The monoisotopic (exact) mass is 368 g/mol. The second kappa shape index (κ2) is 8.52. The van der Waals surface area contributed by atoms with Crippen LogP contribution >= 0.6 is 0 Å². The summed E-state index contributed by atoms with van der Waals surface area (Å²) in [5, 5.41) is 0. The van der Waals surface area contributed by atoms with Crippen molar-refractivity contribution in [3.8, 4) is 0 Å². The molecule has 0 N–H and O–H groups in total. The maximum atomic E-state index is 4.71. The van der Waals surface area contributed by atoms with Gasteiger partial charge in [0.05, 0.1) is 0 Å². The molecule has 2 heteroatoms. The Morgan fingerprint density at radius 3 is 2.04 bits per heavy atom. The van der Waals surface area contributed by atoms with Gasteiger partial charge in [0.1, 0.15) is 0 Å². The molecule has 1 aromatic carbocycles. The molecule has 0 unspecified atom stereocenters. The van der Waals surface area contributed by atoms with Crippen LogP contribution in [-0.2, 0) is 6.42 Å². The fraction of sp³-hybridized carbons (Fsp3) is 0.308. The second-order valence-electron chi connectivity index (χ2n) is 8.04. The van der Waals surface area contributed by atoms with Crippen molar-refractivity contribution in [2.24, 2.45) is 9.98 Å². The molecule has 3 aliphatic carbocycles. The maximum absolute atomic E-state index is 4.71. The summed E-state index contributed by atoms with van der Waals surface area (Å²) < 4.78 is 0. The molecule has 0 aromatic heterocycles. The molecule has 0 heterocycles. The largest absolute Gasteiger partial charge is 0.261 e. The quantitative estimate of drug-likeness (QED) is 0.525. The minimum atomic E-state index is 1.04. The van der Waals surface area contributed by atoms with Crippen molar-refractivity contribution in [2.75, 3.05) is 0 Å². The molecule has 1 aromatic rings. The van der Waals surface area contributed by atoms with Crippen molar-refractivity contribution in [3.63, 3.8) is 0 Å². The van der Waals surface area contributed by atoms with Gasteiger partial charge in [0.25, 0.3) is 0 Å². The number of allylic oxidation sites excluding steroid dienone is 9. The highest BCUT2D eigenvalue weighted by Gasteiger charge is 2.10. The van der Waals surface area contributed by atoms with Crippen molar-refractivity contribution in [1.29, 1.82) is 0 Å². The van der Waals surface area contributed by atoms with Gasteiger partial charge in [-0.2, -0.15) is 0 Å². The number of aryl methyl sites for hydroxylation is 1. The van der Waals surface area contributed by atoms with Gasteiger partial charge in [0, 0.05) is 23.8 Å². The number of fused-ring (bicyclic) bond motifs is 1. The van der Waals surface area contributed by atoms with Gasteiger partial charge in [0.15, 0.2) is 0 Å². The molecule has 0 saturated heterocycles. The minimum Gasteiger partial charge on any atom is -0.261 e. The first-order valence-corrected chi connectivity index (χ1v) is 10.3. The Kier molecular flexibility index (Phi) is 5.66. The molecule has 142 valence electrons. The van der Waals surface area contributed by atoms with E-state index in [9.17, 15) is 0 Å². The predicted octanol–water partition coefficient (Wildman–Crippen LogP) is 6.75. The molecule has 0 spiro atoms. The van der Waals surface area contributed by atoms with Gasteiger partial charge in [-0.15, -0.1) is 0 Å². The Labute approximate surface area is 168 Å². The molecule has 0 fully saturated rings. The normalized spacial score (nSPS) is 19.7. The number of aliphatic imine (C=N–C) groups is 2. The van der Waals surface area contributed by atoms with Crippen molar-refractivity contribution < 1.29 is 0 Å². The van der Waals surface area contributed by atoms with Gasteiger partial charge < -0.3 is 0 Å². The molecular weight excluding hydrogens is 340 g/mol. The van der Waals surface area contributed by atoms with Crippen LogP contribution in [0.15, 0.2) is 80.6 Å². The van der Waals surface area contributed by atoms with Crippen molar-refractivity contribution in [2.45, 2.75) is 52.4 Å². The summed E-state index contributed by atoms with van der Waals surface area (Å²) in [6.07, 6.45) is 21.5. The molecule has 2 nitrogen and oxygen atoms in total. The zero-order valence-corrected chi connectivity index (χ0v) is 16.9. The molecular formula is C26H28N2. The average molecular weight is 369 g/mol. The first-order chi connectivity index (χ1) is 13.7. The first-order valence-electron chi connectivity index (χ1n) is 10.3. The van der Waals surface area contributed by atoms with E-state index in [0.717, 1.165) is 38.5 Å². The van der Waals surface area contributed by atoms with E-state index in [4.69, 9.17) is 4.99 Å². The van der Waals surface area contributed by atoms with E-state index in [-0.39, 0.29) is 0 Å². The van der Waals surface area contributed by atoms with E-state index in [0.29, 0.717) is 0 Å². The topological polar surface area (TPSA) is 24.7 Å². The lowest BCUT2D eigenvalue weighted by molar-refractivity contribution is 0.892. The molecule has 4 rings (SSSR count). The summed E-state index contributed by atoms with van der Waals surface area (Å²) in [5.74, 6) is 0. The third-order valence-corrected chi connectivity index (χ3v) is 5.64. The highest BCUT2D eigenvalue weighted by Crippen LogP contribution is 2.25. The van der Waals surface area contributed by atoms with Crippen LogP contribution in [-0.4, -0.2) is 12.4 Å². The molecule has 28 heavy (non-hydrogen) atoms. The SMILES string of the molecule is CC1=CC=C(N=CC2=Cc3ccc(C=NC4=CC=C(C)CC4)cc3CC2)CC1. The van der Waals surface area contributed by atoms with Crippen LogP contribution in [0.3, 0.4) is 0 Å². The van der Waals surface area contributed by atoms with Crippen molar-refractivity contribution in [1.82, 2.24) is 0 Å². The summed E-state index contributed by atoms with van der Waals surface area (Å²) in [5.41, 5.74) is 10.5. The Morgan fingerprint density at radius 2 is 1.39 bits per heavy atom. The van der Waals surface area contributed by atoms with E-state index >= 15 is 0 Å². The van der Waals surface area contributed by atoms with Gasteiger partial charge in [0.2, 0.25) is 0 Å². The predicted molar refractivity (Wildman–Crippen MR) is 121 cm³/mol. The standard InChI is InChI=1S/C26H28N2/c1-19-3-11-25(12-4-19)27-17-21-7-9-24-16-22(8-10-23(24)15-21)18-28-26-13-5-20(2)6-14-26/h3,5,7,9,11,13,15-18H,4,6,8,10,12,14H2,1-2H3. The van der Waals surface area contributed by atoms with Crippen molar-refractivity contribution in [3.05, 3.63) is 87.3 Å². The molecule has 0 amide bonds. The summed E-state index contributed by atoms with van der Waals surface area (Å²) in [4.78, 5) is 9.39. The van der Waals surface area contributed by atoms with Crippen LogP contribution in [0.5, 0.6) is 0 Å². The fourth-order valence-electron chi connectivity index (χ4n) is 3.72. The smallest absolute Gasteiger partial charge is 0.0407 e. The van der Waals surface area contributed by atoms with Crippen LogP contribution in [0.25, 0.3) is 6.08 Å². The lowest BCUT2D eigenvalue weighted by Crippen LogP contribution is -2.02. The zero-order valence-electron chi connectivity index (χ0n) is 16.9. The van der Waals surface area contributed by atoms with E-state index in [1.54, 1.807) is 0 Å². The Hall–Kier alpha value is -2.74. The zero-order chi connectivity index (χ0) is 19.3. The van der Waals surface area contributed by atoms with Gasteiger partial charge in [-0.25, -0.2) is 0 Å². The molecule has 0 saturated carbocycles. The molecule has 3 aliphatic rings. The maximum Gasteiger partial charge on any atom is 0.0407 e. The van der Waals surface area contributed by atoms with Crippen LogP contribution in [0, 0.1) is 0 Å². The highest BCUT2D eigenvalue weighted by atomic mass is 14.7. The number of hydrogen-bond acceptors (Lipinski definition) is 2. The fourth-order valence-corrected chi connectivity index (χ4v) is 3.72. The third kappa shape index (κ3) is 4.75. The van der Waals surface area contributed by atoms with Gasteiger partial charge in [-0.1, -0.05) is 35.4 Å². The molecule has 0 atom stereocenters. The lowest BCUT2D eigenvalue weighted by atomic mass is 9.91. The number of rotatable bonds is 4. The first kappa shape index (κ1) is 18.6. The van der Waals surface area contributed by atoms with Gasteiger partial charge in [-0.05, 0) is 98.9 Å². The Bertz CT molecular complexity index is 978. The molecule has 0 radical (unpaired) electrons. The average Bonchev–Trinajstić information content (AvgIpc) is 2.73. The summed E-state index contributed by atoms with van der Waals surface area (Å²) in [6.45, 7) is 4.36. The van der Waals surface area contributed by atoms with E-state index in [1.807, 2.05) is 6.21 Å². The Balaban J connectivity index is 1.45. The Morgan fingerprint density at radius 1 is 0.714 bits per heavy atom. The van der Waals surface area contributed by atoms with Crippen LogP contribution in [0.1, 0.15) is 62.6 Å². The molecule has 0 aliphatic heterocycles. The lowest BCUT2D eigenvalue weighted by Gasteiger charge is -2.15. The highest BCUT2D eigenvalue weighted by molar-refractivity contribution is 5.88. The van der Waals surface area contributed by atoms with Gasteiger partial charge in [-0.3, -0.25) is 9.98 Å². The number of nitrogens with zero attached hydrogens (tertiary/aromatic N) is 2. The van der Waals surface area contributed by atoms with Crippen LogP contribution in [0.2, 0.25) is 0 Å². The van der Waals surface area contributed by atoms with E-state index in [2.05, 4.69) is 73.6 Å². The van der Waals surface area contributed by atoms with Crippen LogP contribution in [0.4, 0.5) is 0 Å². The number of benzene rings is 1. The number of hydrogen-bond donors (Lipinski definition) is 0. The van der Waals surface area contributed by atoms with Crippen LogP contribution < -0.4 is 0 Å². The summed E-state index contributed by atoms with van der Waals surface area (Å²) in [6, 6.07) is 6.67. The minimum absolute atomic E-state index is 1.04. The summed E-state index contributed by atoms with van der Waals surface area (Å²) in [7, 11) is 0. The van der Waals surface area contributed by atoms with Crippen molar-refractivity contribution >= 4 is 18.5 Å². The summed E-state index contributed by atoms with van der Waals surface area (Å²) >= 11 is 0. The second-order valence-corrected chi connectivity index (χ2v) is 8.04. The van der Waals surface area contributed by atoms with E-state index in [1.165, 1.54) is 44.8 Å². The van der Waals surface area contributed by atoms with Gasteiger partial charge >= 0.3 is 0 Å². The van der Waals surface area contributed by atoms with E-state index < -0.39 is 0 Å². The molecule has 0 bridgehead atoms.